The number of rotatable bonds is 3. The fraction of sp³-hybridized carbons (Fsp3) is 0.423. The van der Waals surface area contributed by atoms with Crippen LogP contribution in [0, 0.1) is 11.8 Å². The van der Waals surface area contributed by atoms with Gasteiger partial charge < -0.3 is 5.32 Å². The molecule has 1 saturated carbocycles. The van der Waals surface area contributed by atoms with Crippen molar-refractivity contribution in [2.75, 3.05) is 6.54 Å². The number of carbonyl (C=O) groups excluding carboxylic acids is 3. The van der Waals surface area contributed by atoms with Crippen molar-refractivity contribution in [1.82, 2.24) is 10.2 Å². The molecule has 5 heteroatoms. The van der Waals surface area contributed by atoms with Crippen molar-refractivity contribution in [2.45, 2.75) is 50.0 Å². The highest BCUT2D eigenvalue weighted by Crippen LogP contribution is 2.60. The highest BCUT2D eigenvalue weighted by atomic mass is 16.2. The molecule has 5 aliphatic rings. The van der Waals surface area contributed by atoms with Gasteiger partial charge in [-0.25, -0.2) is 0 Å². The first-order chi connectivity index (χ1) is 15.1. The van der Waals surface area contributed by atoms with E-state index >= 15 is 0 Å². The second kappa shape index (κ2) is 7.04. The van der Waals surface area contributed by atoms with Crippen LogP contribution in [0.3, 0.4) is 0 Å². The molecule has 2 aromatic rings. The molecule has 2 atom stereocenters. The molecule has 2 fully saturated rings. The van der Waals surface area contributed by atoms with Crippen molar-refractivity contribution >= 4 is 17.7 Å². The molecule has 1 saturated heterocycles. The van der Waals surface area contributed by atoms with E-state index in [0.29, 0.717) is 0 Å². The first kappa shape index (κ1) is 18.8. The van der Waals surface area contributed by atoms with Gasteiger partial charge in [-0.3, -0.25) is 19.3 Å². The van der Waals surface area contributed by atoms with Crippen LogP contribution < -0.4 is 5.32 Å². The molecule has 158 valence electrons. The fourth-order valence-electron chi connectivity index (χ4n) is 6.56. The molecule has 0 spiro atoms. The van der Waals surface area contributed by atoms with Crippen LogP contribution >= 0.6 is 0 Å². The van der Waals surface area contributed by atoms with E-state index in [1.807, 2.05) is 24.3 Å². The first-order valence-electron chi connectivity index (χ1n) is 11.5. The van der Waals surface area contributed by atoms with Crippen LogP contribution in [0.15, 0.2) is 48.5 Å². The van der Waals surface area contributed by atoms with Crippen LogP contribution in [0.5, 0.6) is 0 Å². The second-order valence-corrected chi connectivity index (χ2v) is 9.43. The third kappa shape index (κ3) is 2.72. The summed E-state index contributed by atoms with van der Waals surface area (Å²) in [5, 5.41) is 3.06. The Morgan fingerprint density at radius 3 is 1.68 bits per heavy atom. The molecule has 3 amide bonds. The molecule has 0 radical (unpaired) electrons. The van der Waals surface area contributed by atoms with Crippen LogP contribution in [-0.4, -0.2) is 35.2 Å². The summed E-state index contributed by atoms with van der Waals surface area (Å²) in [6, 6.07) is 16.6. The molecule has 2 unspecified atom stereocenters. The van der Waals surface area contributed by atoms with Crippen LogP contribution in [0.25, 0.3) is 0 Å². The van der Waals surface area contributed by atoms with Crippen LogP contribution in [0.2, 0.25) is 0 Å². The highest BCUT2D eigenvalue weighted by molar-refractivity contribution is 6.09. The van der Waals surface area contributed by atoms with Crippen LogP contribution in [-0.2, 0) is 14.4 Å². The molecule has 0 aromatic heterocycles. The predicted molar refractivity (Wildman–Crippen MR) is 115 cm³/mol. The number of amides is 3. The minimum atomic E-state index is -0.412. The molecule has 1 N–H and O–H groups in total. The number of nitrogens with one attached hydrogen (secondary N) is 1. The van der Waals surface area contributed by atoms with E-state index < -0.39 is 11.8 Å². The topological polar surface area (TPSA) is 66.5 Å². The van der Waals surface area contributed by atoms with Gasteiger partial charge in [-0.2, -0.15) is 0 Å². The number of nitrogens with zero attached hydrogens (tertiary/aromatic N) is 1. The minimum Gasteiger partial charge on any atom is -0.352 e. The molecular weight excluding hydrogens is 388 g/mol. The van der Waals surface area contributed by atoms with Gasteiger partial charge in [0.25, 0.3) is 0 Å². The molecule has 4 aliphatic carbocycles. The lowest BCUT2D eigenvalue weighted by Crippen LogP contribution is -2.45. The van der Waals surface area contributed by atoms with Crippen LogP contribution in [0.4, 0.5) is 0 Å². The fourth-order valence-corrected chi connectivity index (χ4v) is 6.56. The lowest BCUT2D eigenvalue weighted by atomic mass is 9.55. The van der Waals surface area contributed by atoms with Gasteiger partial charge in [-0.1, -0.05) is 67.8 Å². The van der Waals surface area contributed by atoms with Crippen LogP contribution in [0.1, 0.15) is 66.2 Å². The molecule has 31 heavy (non-hydrogen) atoms. The first-order valence-corrected chi connectivity index (χ1v) is 11.5. The average Bonchev–Trinajstić information content (AvgIpc) is 3.05. The van der Waals surface area contributed by atoms with Gasteiger partial charge in [0.2, 0.25) is 17.7 Å². The Kier molecular flexibility index (Phi) is 4.27. The monoisotopic (exact) mass is 414 g/mol. The van der Waals surface area contributed by atoms with E-state index in [-0.39, 0.29) is 42.1 Å². The Morgan fingerprint density at radius 1 is 0.774 bits per heavy atom. The van der Waals surface area contributed by atoms with Crippen molar-refractivity contribution in [3.63, 3.8) is 0 Å². The second-order valence-electron chi connectivity index (χ2n) is 9.43. The standard InChI is InChI=1S/C26H26N2O3/c29-20(27-15-8-2-1-3-9-15)14-28-25(30)23-21-16-10-4-5-11-17(16)22(24(23)26(28)31)19-13-7-6-12-18(19)21/h4-7,10-13,15,21-24H,1-3,8-9,14H2,(H,27,29). The number of carbonyl (C=O) groups is 3. The molecule has 1 aliphatic heterocycles. The largest absolute Gasteiger partial charge is 0.352 e. The van der Waals surface area contributed by atoms with Gasteiger partial charge in [0.15, 0.2) is 0 Å². The zero-order chi connectivity index (χ0) is 21.1. The number of hydrogen-bond donors (Lipinski definition) is 1. The SMILES string of the molecule is O=C(CN1C(=O)C2C3c4ccccc4C(c4ccccc43)C2C1=O)NC1CCCCC1. The normalized spacial score (nSPS) is 28.8. The summed E-state index contributed by atoms with van der Waals surface area (Å²) in [5.74, 6) is -1.65. The number of likely N-dealkylation sites (tertiary alicyclic amines) is 1. The average molecular weight is 415 g/mol. The maximum atomic E-state index is 13.5. The lowest BCUT2D eigenvalue weighted by Gasteiger charge is -2.45. The summed E-state index contributed by atoms with van der Waals surface area (Å²) in [5.41, 5.74) is 4.62. The molecule has 5 nitrogen and oxygen atoms in total. The third-order valence-electron chi connectivity index (χ3n) is 7.81. The predicted octanol–water partition coefficient (Wildman–Crippen LogP) is 3.33. The van der Waals surface area contributed by atoms with Gasteiger partial charge in [0.1, 0.15) is 6.54 Å². The smallest absolute Gasteiger partial charge is 0.240 e. The summed E-state index contributed by atoms with van der Waals surface area (Å²) in [6.45, 7) is -0.159. The molecular formula is C26H26N2O3. The van der Waals surface area contributed by atoms with Gasteiger partial charge in [-0.15, -0.1) is 0 Å². The number of imide groups is 1. The Labute approximate surface area is 181 Å². The van der Waals surface area contributed by atoms with Gasteiger partial charge in [0.05, 0.1) is 11.8 Å². The maximum Gasteiger partial charge on any atom is 0.240 e. The van der Waals surface area contributed by atoms with E-state index in [1.54, 1.807) is 0 Å². The molecule has 1 heterocycles. The van der Waals surface area contributed by atoms with Crippen molar-refractivity contribution in [3.8, 4) is 0 Å². The van der Waals surface area contributed by atoms with E-state index in [0.717, 1.165) is 47.9 Å². The number of benzene rings is 2. The Morgan fingerprint density at radius 2 is 1.23 bits per heavy atom. The molecule has 7 rings (SSSR count). The maximum absolute atomic E-state index is 13.5. The summed E-state index contributed by atoms with van der Waals surface area (Å²) in [7, 11) is 0. The Bertz CT molecular complexity index is 972. The van der Waals surface area contributed by atoms with Gasteiger partial charge in [-0.05, 0) is 35.1 Å². The van der Waals surface area contributed by atoms with E-state index in [4.69, 9.17) is 0 Å². The van der Waals surface area contributed by atoms with Crippen molar-refractivity contribution in [1.29, 1.82) is 0 Å². The minimum absolute atomic E-state index is 0.120. The zero-order valence-electron chi connectivity index (χ0n) is 17.4. The van der Waals surface area contributed by atoms with E-state index in [1.165, 1.54) is 11.3 Å². The summed E-state index contributed by atoms with van der Waals surface area (Å²) in [6.07, 6.45) is 5.41. The lowest BCUT2D eigenvalue weighted by molar-refractivity contribution is -0.143. The van der Waals surface area contributed by atoms with E-state index in [9.17, 15) is 14.4 Å². The van der Waals surface area contributed by atoms with Gasteiger partial charge in [0, 0.05) is 17.9 Å². The Balaban J connectivity index is 1.33. The Hall–Kier alpha value is -2.95. The van der Waals surface area contributed by atoms with Crippen molar-refractivity contribution in [2.24, 2.45) is 11.8 Å². The molecule has 2 bridgehead atoms. The highest BCUT2D eigenvalue weighted by Gasteiger charge is 2.61. The summed E-state index contributed by atoms with van der Waals surface area (Å²) in [4.78, 5) is 41.0. The zero-order valence-corrected chi connectivity index (χ0v) is 17.4. The quantitative estimate of drug-likeness (QED) is 0.784. The summed E-state index contributed by atoms with van der Waals surface area (Å²) < 4.78 is 0. The van der Waals surface area contributed by atoms with Crippen molar-refractivity contribution in [3.05, 3.63) is 70.8 Å². The summed E-state index contributed by atoms with van der Waals surface area (Å²) >= 11 is 0. The van der Waals surface area contributed by atoms with Gasteiger partial charge >= 0.3 is 0 Å². The molecule has 2 aromatic carbocycles. The third-order valence-corrected chi connectivity index (χ3v) is 7.81. The van der Waals surface area contributed by atoms with E-state index in [2.05, 4.69) is 29.6 Å². The van der Waals surface area contributed by atoms with Crippen molar-refractivity contribution < 1.29 is 14.4 Å². The number of hydrogen-bond acceptors (Lipinski definition) is 3.